The molecule has 23 heavy (non-hydrogen) atoms. The Morgan fingerprint density at radius 1 is 1.00 bits per heavy atom. The second kappa shape index (κ2) is 5.44. The summed E-state index contributed by atoms with van der Waals surface area (Å²) in [6.45, 7) is 2.01. The SMILES string of the molecule is Cc1cc2c(O)ccc(N=Nc3nccc4ccccc34)c2s1. The number of fused-ring (bicyclic) bond motifs is 2. The minimum Gasteiger partial charge on any atom is -0.507 e. The molecule has 0 saturated carbocycles. The number of aryl methyl sites for hydroxylation is 1. The Morgan fingerprint density at radius 2 is 1.87 bits per heavy atom. The van der Waals surface area contributed by atoms with Crippen LogP contribution < -0.4 is 0 Å². The van der Waals surface area contributed by atoms with E-state index in [4.69, 9.17) is 0 Å². The van der Waals surface area contributed by atoms with Gasteiger partial charge in [0.15, 0.2) is 5.82 Å². The lowest BCUT2D eigenvalue weighted by Gasteiger charge is -2.00. The summed E-state index contributed by atoms with van der Waals surface area (Å²) < 4.78 is 0.937. The van der Waals surface area contributed by atoms with E-state index in [1.54, 1.807) is 29.7 Å². The molecule has 0 aliphatic rings. The molecule has 2 heterocycles. The third-order valence-corrected chi connectivity index (χ3v) is 4.74. The van der Waals surface area contributed by atoms with E-state index in [1.807, 2.05) is 43.3 Å². The Morgan fingerprint density at radius 3 is 2.78 bits per heavy atom. The van der Waals surface area contributed by atoms with Crippen molar-refractivity contribution < 1.29 is 5.11 Å². The number of benzene rings is 2. The van der Waals surface area contributed by atoms with Gasteiger partial charge in [-0.05, 0) is 36.6 Å². The van der Waals surface area contributed by atoms with E-state index in [9.17, 15) is 5.11 Å². The molecule has 112 valence electrons. The van der Waals surface area contributed by atoms with Gasteiger partial charge in [0.25, 0.3) is 0 Å². The van der Waals surface area contributed by atoms with Crippen LogP contribution in [0.5, 0.6) is 5.75 Å². The van der Waals surface area contributed by atoms with Crippen molar-refractivity contribution in [2.24, 2.45) is 10.2 Å². The molecule has 0 aliphatic carbocycles. The second-order valence-electron chi connectivity index (χ2n) is 5.26. The molecule has 0 radical (unpaired) electrons. The van der Waals surface area contributed by atoms with Gasteiger partial charge in [0, 0.05) is 21.8 Å². The van der Waals surface area contributed by atoms with Crippen LogP contribution >= 0.6 is 11.3 Å². The molecule has 4 nitrogen and oxygen atoms in total. The molecule has 0 bridgehead atoms. The minimum atomic E-state index is 0.270. The quantitative estimate of drug-likeness (QED) is 0.469. The highest BCUT2D eigenvalue weighted by Crippen LogP contribution is 2.39. The zero-order valence-corrected chi connectivity index (χ0v) is 13.2. The minimum absolute atomic E-state index is 0.270. The number of phenolic OH excluding ortho intramolecular Hbond substituents is 1. The summed E-state index contributed by atoms with van der Waals surface area (Å²) in [5.41, 5.74) is 0.741. The maximum Gasteiger partial charge on any atom is 0.182 e. The van der Waals surface area contributed by atoms with Gasteiger partial charge in [0.05, 0.1) is 4.70 Å². The largest absolute Gasteiger partial charge is 0.507 e. The van der Waals surface area contributed by atoms with Gasteiger partial charge in [-0.25, -0.2) is 4.98 Å². The molecule has 0 spiro atoms. The van der Waals surface area contributed by atoms with Gasteiger partial charge < -0.3 is 5.11 Å². The molecule has 2 aromatic heterocycles. The Labute approximate surface area is 136 Å². The summed E-state index contributed by atoms with van der Waals surface area (Å²) >= 11 is 1.60. The van der Waals surface area contributed by atoms with Gasteiger partial charge in [-0.2, -0.15) is 0 Å². The van der Waals surface area contributed by atoms with Gasteiger partial charge in [0.1, 0.15) is 11.4 Å². The number of thiophene rings is 1. The molecule has 0 atom stereocenters. The van der Waals surface area contributed by atoms with Crippen LogP contribution in [0.3, 0.4) is 0 Å². The first kappa shape index (κ1) is 13.8. The molecule has 0 unspecified atom stereocenters. The van der Waals surface area contributed by atoms with Crippen molar-refractivity contribution >= 4 is 43.7 Å². The second-order valence-corrected chi connectivity index (χ2v) is 6.52. The fraction of sp³-hybridized carbons (Fsp3) is 0.0556. The lowest BCUT2D eigenvalue weighted by atomic mass is 10.2. The first-order chi connectivity index (χ1) is 11.2. The molecule has 0 amide bonds. The zero-order valence-electron chi connectivity index (χ0n) is 12.4. The number of hydrogen-bond acceptors (Lipinski definition) is 5. The van der Waals surface area contributed by atoms with Crippen molar-refractivity contribution in [3.8, 4) is 5.75 Å². The average molecular weight is 319 g/mol. The van der Waals surface area contributed by atoms with Crippen molar-refractivity contribution in [2.45, 2.75) is 6.92 Å². The lowest BCUT2D eigenvalue weighted by Crippen LogP contribution is -1.77. The highest BCUT2D eigenvalue weighted by molar-refractivity contribution is 7.19. The van der Waals surface area contributed by atoms with E-state index < -0.39 is 0 Å². The van der Waals surface area contributed by atoms with Gasteiger partial charge in [-0.3, -0.25) is 0 Å². The zero-order chi connectivity index (χ0) is 15.8. The fourth-order valence-corrected chi connectivity index (χ4v) is 3.57. The maximum absolute atomic E-state index is 9.96. The molecule has 5 heteroatoms. The number of rotatable bonds is 2. The molecule has 4 aromatic rings. The highest BCUT2D eigenvalue weighted by Gasteiger charge is 2.09. The molecular formula is C18H13N3OS. The van der Waals surface area contributed by atoms with Crippen LogP contribution in [0.4, 0.5) is 11.5 Å². The average Bonchev–Trinajstić information content (AvgIpc) is 2.97. The Balaban J connectivity index is 1.84. The van der Waals surface area contributed by atoms with E-state index in [2.05, 4.69) is 15.2 Å². The molecule has 0 aliphatic heterocycles. The summed E-state index contributed by atoms with van der Waals surface area (Å²) in [6, 6.07) is 15.3. The normalized spacial score (nSPS) is 11.7. The fourth-order valence-electron chi connectivity index (χ4n) is 2.58. The van der Waals surface area contributed by atoms with Crippen molar-refractivity contribution in [3.05, 3.63) is 59.6 Å². The van der Waals surface area contributed by atoms with Crippen LogP contribution in [-0.2, 0) is 0 Å². The number of nitrogens with zero attached hydrogens (tertiary/aromatic N) is 3. The van der Waals surface area contributed by atoms with Gasteiger partial charge in [-0.15, -0.1) is 21.6 Å². The number of hydrogen-bond donors (Lipinski definition) is 1. The number of phenols is 1. The van der Waals surface area contributed by atoms with E-state index >= 15 is 0 Å². The van der Waals surface area contributed by atoms with Crippen LogP contribution in [-0.4, -0.2) is 10.1 Å². The van der Waals surface area contributed by atoms with Crippen molar-refractivity contribution in [2.75, 3.05) is 0 Å². The number of azo groups is 1. The molecular weight excluding hydrogens is 306 g/mol. The summed E-state index contributed by atoms with van der Waals surface area (Å²) in [5, 5.41) is 21.5. The number of pyridine rings is 1. The van der Waals surface area contributed by atoms with E-state index in [0.29, 0.717) is 5.82 Å². The molecule has 0 fully saturated rings. The van der Waals surface area contributed by atoms with Crippen molar-refractivity contribution in [1.29, 1.82) is 0 Å². The lowest BCUT2D eigenvalue weighted by molar-refractivity contribution is 0.482. The third-order valence-electron chi connectivity index (χ3n) is 3.67. The Bertz CT molecular complexity index is 1050. The smallest absolute Gasteiger partial charge is 0.182 e. The van der Waals surface area contributed by atoms with E-state index in [0.717, 1.165) is 31.4 Å². The number of aromatic nitrogens is 1. The molecule has 1 N–H and O–H groups in total. The van der Waals surface area contributed by atoms with Crippen molar-refractivity contribution in [1.82, 2.24) is 4.98 Å². The van der Waals surface area contributed by atoms with Crippen LogP contribution in [0.15, 0.2) is 65.0 Å². The Hall–Kier alpha value is -2.79. The first-order valence-electron chi connectivity index (χ1n) is 7.20. The van der Waals surface area contributed by atoms with E-state index in [-0.39, 0.29) is 5.75 Å². The standard InChI is InChI=1S/C18H13N3OS/c1-11-10-14-16(22)7-6-15(17(14)23-11)20-21-18-13-5-3-2-4-12(13)8-9-19-18/h2-10,22H,1H3. The number of aromatic hydroxyl groups is 1. The summed E-state index contributed by atoms with van der Waals surface area (Å²) in [6.07, 6.45) is 1.73. The maximum atomic E-state index is 9.96. The van der Waals surface area contributed by atoms with Crippen LogP contribution in [0, 0.1) is 6.92 Å². The van der Waals surface area contributed by atoms with Crippen molar-refractivity contribution in [3.63, 3.8) is 0 Å². The summed E-state index contributed by atoms with van der Waals surface area (Å²) in [4.78, 5) is 5.44. The predicted octanol–water partition coefficient (Wildman–Crippen LogP) is 5.88. The summed E-state index contributed by atoms with van der Waals surface area (Å²) in [5.74, 6) is 0.865. The van der Waals surface area contributed by atoms with Gasteiger partial charge >= 0.3 is 0 Å². The predicted molar refractivity (Wildman–Crippen MR) is 94.1 cm³/mol. The van der Waals surface area contributed by atoms with Crippen LogP contribution in [0.1, 0.15) is 4.88 Å². The highest BCUT2D eigenvalue weighted by atomic mass is 32.1. The van der Waals surface area contributed by atoms with E-state index in [1.165, 1.54) is 0 Å². The molecule has 0 saturated heterocycles. The summed E-state index contributed by atoms with van der Waals surface area (Å²) in [7, 11) is 0. The molecule has 4 rings (SSSR count). The molecule has 2 aromatic carbocycles. The monoisotopic (exact) mass is 319 g/mol. The third kappa shape index (κ3) is 2.45. The topological polar surface area (TPSA) is 57.8 Å². The van der Waals surface area contributed by atoms with Gasteiger partial charge in [0.2, 0.25) is 0 Å². The van der Waals surface area contributed by atoms with Gasteiger partial charge in [-0.1, -0.05) is 24.3 Å². The van der Waals surface area contributed by atoms with Crippen LogP contribution in [0.2, 0.25) is 0 Å². The first-order valence-corrected chi connectivity index (χ1v) is 8.01. The van der Waals surface area contributed by atoms with Crippen LogP contribution in [0.25, 0.3) is 20.9 Å². The Kier molecular flexibility index (Phi) is 3.28.